The van der Waals surface area contributed by atoms with Gasteiger partial charge in [-0.1, -0.05) is 37.3 Å². The lowest BCUT2D eigenvalue weighted by atomic mass is 9.78. The van der Waals surface area contributed by atoms with Crippen LogP contribution < -0.4 is 11.5 Å². The molecule has 2 atom stereocenters. The Kier molecular flexibility index (Phi) is 2.79. The summed E-state index contributed by atoms with van der Waals surface area (Å²) in [4.78, 5) is 4.04. The molecule has 3 heteroatoms. The van der Waals surface area contributed by atoms with Gasteiger partial charge < -0.3 is 11.5 Å². The van der Waals surface area contributed by atoms with E-state index in [1.807, 2.05) is 24.3 Å². The number of amidine groups is 1. The van der Waals surface area contributed by atoms with Crippen LogP contribution in [-0.4, -0.2) is 11.4 Å². The number of rotatable bonds is 2. The summed E-state index contributed by atoms with van der Waals surface area (Å²) in [5.74, 6) is 0.826. The number of hydrogen-bond donors (Lipinski definition) is 2. The Morgan fingerprint density at radius 3 is 2.62 bits per heavy atom. The topological polar surface area (TPSA) is 64.4 Å². The molecule has 0 fully saturated rings. The molecule has 0 saturated heterocycles. The van der Waals surface area contributed by atoms with Crippen LogP contribution in [0.25, 0.3) is 0 Å². The third kappa shape index (κ3) is 1.99. The molecule has 0 saturated carbocycles. The van der Waals surface area contributed by atoms with Crippen molar-refractivity contribution in [1.82, 2.24) is 0 Å². The minimum absolute atomic E-state index is 0.221. The van der Waals surface area contributed by atoms with Crippen molar-refractivity contribution < 1.29 is 0 Å². The monoisotopic (exact) mass is 215 g/mol. The van der Waals surface area contributed by atoms with E-state index in [-0.39, 0.29) is 5.92 Å². The fraction of sp³-hybridized carbons (Fsp3) is 0.308. The van der Waals surface area contributed by atoms with Crippen molar-refractivity contribution in [3.05, 3.63) is 48.2 Å². The standard InChI is InChI=1S/C13H17N3/c1-10(11-5-3-2-4-6-11)13(15)7-8-16-12(14)9-13/h2-8,10H,9,15H2,1H3,(H2,14,16)/t10-,13?/m0/s1. The summed E-state index contributed by atoms with van der Waals surface area (Å²) in [7, 11) is 0. The van der Waals surface area contributed by atoms with Crippen LogP contribution in [0.3, 0.4) is 0 Å². The molecule has 1 aliphatic rings. The van der Waals surface area contributed by atoms with Crippen molar-refractivity contribution in [3.8, 4) is 0 Å². The fourth-order valence-corrected chi connectivity index (χ4v) is 2.04. The molecular formula is C13H17N3. The third-order valence-electron chi connectivity index (χ3n) is 3.22. The summed E-state index contributed by atoms with van der Waals surface area (Å²) >= 11 is 0. The van der Waals surface area contributed by atoms with E-state index in [1.54, 1.807) is 6.20 Å². The lowest BCUT2D eigenvalue weighted by Gasteiger charge is -2.34. The molecular weight excluding hydrogens is 198 g/mol. The van der Waals surface area contributed by atoms with E-state index in [9.17, 15) is 0 Å². The average molecular weight is 215 g/mol. The first kappa shape index (κ1) is 10.9. The Hall–Kier alpha value is -1.61. The number of nitrogens with zero attached hydrogens (tertiary/aromatic N) is 1. The van der Waals surface area contributed by atoms with E-state index in [4.69, 9.17) is 11.5 Å². The maximum absolute atomic E-state index is 6.38. The minimum atomic E-state index is -0.423. The molecule has 0 aromatic heterocycles. The fourth-order valence-electron chi connectivity index (χ4n) is 2.04. The second-order valence-electron chi connectivity index (χ2n) is 4.36. The normalized spacial score (nSPS) is 26.2. The van der Waals surface area contributed by atoms with Gasteiger partial charge in [-0.2, -0.15) is 0 Å². The van der Waals surface area contributed by atoms with E-state index >= 15 is 0 Å². The van der Waals surface area contributed by atoms with Crippen molar-refractivity contribution in [2.75, 3.05) is 0 Å². The van der Waals surface area contributed by atoms with Gasteiger partial charge in [0.25, 0.3) is 0 Å². The molecule has 1 heterocycles. The van der Waals surface area contributed by atoms with E-state index in [2.05, 4.69) is 24.0 Å². The summed E-state index contributed by atoms with van der Waals surface area (Å²) < 4.78 is 0. The lowest BCUT2D eigenvalue weighted by molar-refractivity contribution is 0.455. The van der Waals surface area contributed by atoms with Crippen molar-refractivity contribution in [2.24, 2.45) is 16.5 Å². The lowest BCUT2D eigenvalue weighted by Crippen LogP contribution is -2.47. The van der Waals surface area contributed by atoms with Crippen molar-refractivity contribution in [1.29, 1.82) is 0 Å². The van der Waals surface area contributed by atoms with E-state index < -0.39 is 5.54 Å². The Morgan fingerprint density at radius 1 is 1.31 bits per heavy atom. The summed E-state index contributed by atoms with van der Waals surface area (Å²) in [5, 5.41) is 0. The van der Waals surface area contributed by atoms with Crippen LogP contribution in [0.1, 0.15) is 24.8 Å². The van der Waals surface area contributed by atoms with Crippen molar-refractivity contribution in [2.45, 2.75) is 24.8 Å². The molecule has 84 valence electrons. The van der Waals surface area contributed by atoms with Gasteiger partial charge in [0.05, 0.1) is 0 Å². The average Bonchev–Trinajstić information content (AvgIpc) is 2.29. The van der Waals surface area contributed by atoms with Crippen LogP contribution in [0, 0.1) is 0 Å². The van der Waals surface area contributed by atoms with Crippen LogP contribution in [0.15, 0.2) is 47.6 Å². The van der Waals surface area contributed by atoms with Gasteiger partial charge in [-0.15, -0.1) is 0 Å². The summed E-state index contributed by atoms with van der Waals surface area (Å²) in [5.41, 5.74) is 12.9. The second kappa shape index (κ2) is 4.10. The smallest absolute Gasteiger partial charge is 0.101 e. The molecule has 0 aliphatic carbocycles. The molecule has 1 unspecified atom stereocenters. The molecule has 3 nitrogen and oxygen atoms in total. The molecule has 0 spiro atoms. The molecule has 1 aliphatic heterocycles. The quantitative estimate of drug-likeness (QED) is 0.789. The first-order chi connectivity index (χ1) is 7.62. The molecule has 0 amide bonds. The summed E-state index contributed by atoms with van der Waals surface area (Å²) in [6, 6.07) is 10.2. The number of benzene rings is 1. The SMILES string of the molecule is C[C@@H](c1ccccc1)C1(N)C=CN=C(N)C1. The Morgan fingerprint density at radius 2 is 2.00 bits per heavy atom. The van der Waals surface area contributed by atoms with Gasteiger partial charge in [0.1, 0.15) is 5.84 Å². The molecule has 0 bridgehead atoms. The van der Waals surface area contributed by atoms with Gasteiger partial charge in [0, 0.05) is 24.1 Å². The van der Waals surface area contributed by atoms with Gasteiger partial charge in [-0.05, 0) is 11.6 Å². The highest BCUT2D eigenvalue weighted by molar-refractivity contribution is 5.83. The van der Waals surface area contributed by atoms with Crippen LogP contribution in [0.5, 0.6) is 0 Å². The summed E-state index contributed by atoms with van der Waals surface area (Å²) in [6.45, 7) is 2.12. The maximum atomic E-state index is 6.38. The van der Waals surface area contributed by atoms with E-state index in [1.165, 1.54) is 5.56 Å². The third-order valence-corrected chi connectivity index (χ3v) is 3.22. The molecule has 0 radical (unpaired) electrons. The number of hydrogen-bond acceptors (Lipinski definition) is 3. The first-order valence-electron chi connectivity index (χ1n) is 5.45. The predicted molar refractivity (Wildman–Crippen MR) is 67.2 cm³/mol. The maximum Gasteiger partial charge on any atom is 0.101 e. The molecule has 2 rings (SSSR count). The predicted octanol–water partition coefficient (Wildman–Crippen LogP) is 1.76. The Bertz CT molecular complexity index is 422. The largest absolute Gasteiger partial charge is 0.387 e. The highest BCUT2D eigenvalue weighted by Crippen LogP contribution is 2.31. The van der Waals surface area contributed by atoms with Crippen LogP contribution in [-0.2, 0) is 0 Å². The Labute approximate surface area is 95.9 Å². The number of nitrogens with two attached hydrogens (primary N) is 2. The van der Waals surface area contributed by atoms with Gasteiger partial charge in [0.2, 0.25) is 0 Å². The van der Waals surface area contributed by atoms with E-state index in [0.717, 1.165) is 0 Å². The zero-order valence-electron chi connectivity index (χ0n) is 9.43. The number of aliphatic imine (C=N–C) groups is 1. The van der Waals surface area contributed by atoms with E-state index in [0.29, 0.717) is 12.3 Å². The minimum Gasteiger partial charge on any atom is -0.387 e. The zero-order chi connectivity index (χ0) is 11.6. The van der Waals surface area contributed by atoms with Crippen LogP contribution in [0.2, 0.25) is 0 Å². The highest BCUT2D eigenvalue weighted by atomic mass is 14.9. The van der Waals surface area contributed by atoms with Crippen LogP contribution >= 0.6 is 0 Å². The van der Waals surface area contributed by atoms with Gasteiger partial charge in [0.15, 0.2) is 0 Å². The first-order valence-corrected chi connectivity index (χ1v) is 5.45. The molecule has 1 aromatic rings. The second-order valence-corrected chi connectivity index (χ2v) is 4.36. The molecule has 4 N–H and O–H groups in total. The highest BCUT2D eigenvalue weighted by Gasteiger charge is 2.32. The van der Waals surface area contributed by atoms with Crippen LogP contribution in [0.4, 0.5) is 0 Å². The van der Waals surface area contributed by atoms with Gasteiger partial charge in [-0.3, -0.25) is 0 Å². The van der Waals surface area contributed by atoms with Crippen molar-refractivity contribution in [3.63, 3.8) is 0 Å². The Balaban J connectivity index is 2.26. The summed E-state index contributed by atoms with van der Waals surface area (Å²) in [6.07, 6.45) is 4.26. The van der Waals surface area contributed by atoms with Gasteiger partial charge >= 0.3 is 0 Å². The zero-order valence-corrected chi connectivity index (χ0v) is 9.43. The molecule has 1 aromatic carbocycles. The molecule has 16 heavy (non-hydrogen) atoms. The van der Waals surface area contributed by atoms with Gasteiger partial charge in [-0.25, -0.2) is 4.99 Å². The van der Waals surface area contributed by atoms with Crippen molar-refractivity contribution >= 4 is 5.84 Å².